The van der Waals surface area contributed by atoms with Gasteiger partial charge in [0.25, 0.3) is 0 Å². The maximum Gasteiger partial charge on any atom is -0.0142 e. The molecule has 0 aliphatic carbocycles. The lowest BCUT2D eigenvalue weighted by molar-refractivity contribution is 0.935. The first-order valence-corrected chi connectivity index (χ1v) is 4.21. The summed E-state index contributed by atoms with van der Waals surface area (Å²) in [5, 5.41) is 0. The largest absolute Gasteiger partial charge is 0.103 e. The summed E-state index contributed by atoms with van der Waals surface area (Å²) in [6, 6.07) is 0. The molecule has 0 radical (unpaired) electrons. The summed E-state index contributed by atoms with van der Waals surface area (Å²) < 4.78 is 0. The first kappa shape index (κ1) is 10.2. The fraction of sp³-hybridized carbons (Fsp3) is 0.455. The van der Waals surface area contributed by atoms with Crippen molar-refractivity contribution >= 4 is 0 Å². The van der Waals surface area contributed by atoms with Crippen LogP contribution in [-0.2, 0) is 0 Å². The van der Waals surface area contributed by atoms with E-state index in [1.54, 1.807) is 0 Å². The number of hydrogen-bond donors (Lipinski definition) is 0. The second-order valence-corrected chi connectivity index (χ2v) is 2.55. The minimum absolute atomic E-state index is 1.04. The van der Waals surface area contributed by atoms with E-state index in [0.29, 0.717) is 0 Å². The van der Waals surface area contributed by atoms with Gasteiger partial charge in [-0.25, -0.2) is 0 Å². The number of hydrogen-bond acceptors (Lipinski definition) is 0. The van der Waals surface area contributed by atoms with Crippen LogP contribution in [-0.4, -0.2) is 0 Å². The Morgan fingerprint density at radius 1 is 1.36 bits per heavy atom. The van der Waals surface area contributed by atoms with Crippen molar-refractivity contribution in [3.63, 3.8) is 0 Å². The lowest BCUT2D eigenvalue weighted by atomic mass is 10.1. The average molecular weight is 150 g/mol. The van der Waals surface area contributed by atoms with Crippen LogP contribution in [0.5, 0.6) is 0 Å². The van der Waals surface area contributed by atoms with Gasteiger partial charge in [-0.1, -0.05) is 29.9 Å². The zero-order valence-electron chi connectivity index (χ0n) is 7.64. The van der Waals surface area contributed by atoms with Crippen LogP contribution < -0.4 is 0 Å². The molecule has 0 N–H and O–H groups in total. The van der Waals surface area contributed by atoms with Gasteiger partial charge in [-0.15, -0.1) is 6.58 Å². The highest BCUT2D eigenvalue weighted by Gasteiger charge is 1.90. The minimum Gasteiger partial charge on any atom is -0.103 e. The summed E-state index contributed by atoms with van der Waals surface area (Å²) >= 11 is 0. The Bertz CT molecular complexity index is 149. The van der Waals surface area contributed by atoms with E-state index >= 15 is 0 Å². The van der Waals surface area contributed by atoms with Crippen molar-refractivity contribution in [1.29, 1.82) is 0 Å². The zero-order chi connectivity index (χ0) is 8.53. The highest BCUT2D eigenvalue weighted by molar-refractivity contribution is 5.05. The van der Waals surface area contributed by atoms with Crippen molar-refractivity contribution in [2.75, 3.05) is 0 Å². The van der Waals surface area contributed by atoms with E-state index in [0.717, 1.165) is 12.8 Å². The van der Waals surface area contributed by atoms with Crippen molar-refractivity contribution in [1.82, 2.24) is 0 Å². The Labute approximate surface area is 70.3 Å². The standard InChI is InChI=1S/C11H18/c1-4-7-8-10-11(6-3)9-5-2/h4-7H,2,8-10H2,1,3H3/b7-4?,11-6+. The summed E-state index contributed by atoms with van der Waals surface area (Å²) in [6.45, 7) is 7.87. The van der Waals surface area contributed by atoms with Gasteiger partial charge < -0.3 is 0 Å². The molecule has 0 amide bonds. The van der Waals surface area contributed by atoms with Crippen LogP contribution in [0.25, 0.3) is 0 Å². The van der Waals surface area contributed by atoms with Gasteiger partial charge >= 0.3 is 0 Å². The van der Waals surface area contributed by atoms with Crippen molar-refractivity contribution in [2.45, 2.75) is 33.1 Å². The summed E-state index contributed by atoms with van der Waals surface area (Å²) in [4.78, 5) is 0. The lowest BCUT2D eigenvalue weighted by Gasteiger charge is -1.99. The molecule has 62 valence electrons. The van der Waals surface area contributed by atoms with Gasteiger partial charge in [0, 0.05) is 0 Å². The van der Waals surface area contributed by atoms with Crippen molar-refractivity contribution in [3.8, 4) is 0 Å². The van der Waals surface area contributed by atoms with Gasteiger partial charge in [0.15, 0.2) is 0 Å². The van der Waals surface area contributed by atoms with Crippen LogP contribution in [0.4, 0.5) is 0 Å². The summed E-state index contributed by atoms with van der Waals surface area (Å²) in [5.41, 5.74) is 1.48. The molecule has 0 bridgehead atoms. The van der Waals surface area contributed by atoms with Gasteiger partial charge in [0.05, 0.1) is 0 Å². The highest BCUT2D eigenvalue weighted by Crippen LogP contribution is 2.10. The fourth-order valence-corrected chi connectivity index (χ4v) is 0.985. The third-order valence-corrected chi connectivity index (χ3v) is 1.68. The van der Waals surface area contributed by atoms with E-state index in [2.05, 4.69) is 38.7 Å². The molecule has 0 saturated heterocycles. The van der Waals surface area contributed by atoms with Crippen LogP contribution in [0.1, 0.15) is 33.1 Å². The third kappa shape index (κ3) is 5.65. The second-order valence-electron chi connectivity index (χ2n) is 2.55. The smallest absolute Gasteiger partial charge is 0.0142 e. The predicted octanol–water partition coefficient (Wildman–Crippen LogP) is 3.87. The molecule has 11 heavy (non-hydrogen) atoms. The molecular weight excluding hydrogens is 132 g/mol. The van der Waals surface area contributed by atoms with Crippen LogP contribution in [0.15, 0.2) is 36.5 Å². The highest BCUT2D eigenvalue weighted by atomic mass is 14.0. The molecule has 0 aliphatic heterocycles. The molecule has 0 aliphatic rings. The molecule has 0 unspecified atom stereocenters. The van der Waals surface area contributed by atoms with Gasteiger partial charge in [0.2, 0.25) is 0 Å². The molecule has 0 atom stereocenters. The Balaban J connectivity index is 3.61. The molecular formula is C11H18. The van der Waals surface area contributed by atoms with E-state index in [4.69, 9.17) is 0 Å². The molecule has 0 aromatic rings. The van der Waals surface area contributed by atoms with Crippen LogP contribution in [0.3, 0.4) is 0 Å². The van der Waals surface area contributed by atoms with E-state index in [9.17, 15) is 0 Å². The SMILES string of the molecule is C=CC/C(=C\C)CCC=CC. The molecule has 0 heterocycles. The maximum atomic E-state index is 3.72. The van der Waals surface area contributed by atoms with Gasteiger partial charge in [-0.05, 0) is 33.1 Å². The van der Waals surface area contributed by atoms with Crippen LogP contribution in [0.2, 0.25) is 0 Å². The number of rotatable bonds is 5. The molecule has 0 rings (SSSR count). The van der Waals surface area contributed by atoms with Gasteiger partial charge in [0.1, 0.15) is 0 Å². The number of allylic oxidation sites excluding steroid dienone is 5. The minimum atomic E-state index is 1.04. The van der Waals surface area contributed by atoms with Crippen molar-refractivity contribution in [3.05, 3.63) is 36.5 Å². The zero-order valence-corrected chi connectivity index (χ0v) is 7.64. The predicted molar refractivity (Wildman–Crippen MR) is 52.6 cm³/mol. The van der Waals surface area contributed by atoms with E-state index in [1.165, 1.54) is 12.0 Å². The molecule has 0 aromatic carbocycles. The topological polar surface area (TPSA) is 0 Å². The van der Waals surface area contributed by atoms with E-state index < -0.39 is 0 Å². The average Bonchev–Trinajstić information content (AvgIpc) is 2.03. The Morgan fingerprint density at radius 2 is 2.09 bits per heavy atom. The van der Waals surface area contributed by atoms with Crippen molar-refractivity contribution < 1.29 is 0 Å². The van der Waals surface area contributed by atoms with Gasteiger partial charge in [-0.2, -0.15) is 0 Å². The summed E-state index contributed by atoms with van der Waals surface area (Å²) in [7, 11) is 0. The fourth-order valence-electron chi connectivity index (χ4n) is 0.985. The summed E-state index contributed by atoms with van der Waals surface area (Å²) in [6.07, 6.45) is 11.8. The Morgan fingerprint density at radius 3 is 2.55 bits per heavy atom. The van der Waals surface area contributed by atoms with Crippen molar-refractivity contribution in [2.24, 2.45) is 0 Å². The van der Waals surface area contributed by atoms with Crippen LogP contribution in [0, 0.1) is 0 Å². The maximum absolute atomic E-state index is 3.72. The monoisotopic (exact) mass is 150 g/mol. The molecule has 0 heteroatoms. The Kier molecular flexibility index (Phi) is 6.81. The lowest BCUT2D eigenvalue weighted by Crippen LogP contribution is -1.79. The van der Waals surface area contributed by atoms with E-state index in [-0.39, 0.29) is 0 Å². The third-order valence-electron chi connectivity index (χ3n) is 1.68. The molecule has 0 nitrogen and oxygen atoms in total. The summed E-state index contributed by atoms with van der Waals surface area (Å²) in [5.74, 6) is 0. The quantitative estimate of drug-likeness (QED) is 0.522. The molecule has 0 saturated carbocycles. The molecule has 0 aromatic heterocycles. The van der Waals surface area contributed by atoms with Crippen LogP contribution >= 0.6 is 0 Å². The van der Waals surface area contributed by atoms with E-state index in [1.807, 2.05) is 6.08 Å². The normalized spacial score (nSPS) is 12.4. The molecule has 0 spiro atoms. The first-order chi connectivity index (χ1) is 5.35. The Hall–Kier alpha value is -0.780. The second kappa shape index (κ2) is 7.33. The van der Waals surface area contributed by atoms with Gasteiger partial charge in [-0.3, -0.25) is 0 Å². The molecule has 0 fully saturated rings. The first-order valence-electron chi connectivity index (χ1n) is 4.21.